The summed E-state index contributed by atoms with van der Waals surface area (Å²) in [7, 11) is 0. The molecule has 0 saturated heterocycles. The SMILES string of the molecule is NCc1ccc(Cn2ncccc2=O)o1. The summed E-state index contributed by atoms with van der Waals surface area (Å²) in [6, 6.07) is 6.65. The van der Waals surface area contributed by atoms with Gasteiger partial charge in [-0.05, 0) is 18.2 Å². The summed E-state index contributed by atoms with van der Waals surface area (Å²) in [5.41, 5.74) is 5.26. The van der Waals surface area contributed by atoms with Crippen LogP contribution < -0.4 is 11.3 Å². The highest BCUT2D eigenvalue weighted by Gasteiger charge is 2.02. The van der Waals surface area contributed by atoms with Gasteiger partial charge in [0.2, 0.25) is 0 Å². The van der Waals surface area contributed by atoms with Crippen molar-refractivity contribution < 1.29 is 4.42 Å². The predicted octanol–water partition coefficient (Wildman–Crippen LogP) is 0.343. The molecule has 2 aromatic rings. The Hall–Kier alpha value is -1.88. The molecule has 0 spiro atoms. The average Bonchev–Trinajstić information content (AvgIpc) is 2.69. The Balaban J connectivity index is 2.22. The maximum atomic E-state index is 11.3. The molecule has 0 unspecified atom stereocenters. The maximum absolute atomic E-state index is 11.3. The Morgan fingerprint density at radius 3 is 2.80 bits per heavy atom. The lowest BCUT2D eigenvalue weighted by Crippen LogP contribution is -2.21. The first kappa shape index (κ1) is 9.67. The van der Waals surface area contributed by atoms with Crippen molar-refractivity contribution in [1.82, 2.24) is 9.78 Å². The average molecular weight is 205 g/mol. The summed E-state index contributed by atoms with van der Waals surface area (Å²) >= 11 is 0. The summed E-state index contributed by atoms with van der Waals surface area (Å²) in [6.45, 7) is 0.691. The summed E-state index contributed by atoms with van der Waals surface area (Å²) in [5.74, 6) is 1.38. The van der Waals surface area contributed by atoms with Crippen LogP contribution in [0.1, 0.15) is 11.5 Å². The van der Waals surface area contributed by atoms with Gasteiger partial charge in [0.05, 0.1) is 6.54 Å². The van der Waals surface area contributed by atoms with Crippen molar-refractivity contribution in [2.24, 2.45) is 5.73 Å². The van der Waals surface area contributed by atoms with Crippen LogP contribution >= 0.6 is 0 Å². The molecule has 5 heteroatoms. The Morgan fingerprint density at radius 1 is 1.33 bits per heavy atom. The number of nitrogens with two attached hydrogens (primary N) is 1. The molecular formula is C10H11N3O2. The van der Waals surface area contributed by atoms with E-state index in [0.29, 0.717) is 24.6 Å². The lowest BCUT2D eigenvalue weighted by molar-refractivity contribution is 0.440. The fourth-order valence-electron chi connectivity index (χ4n) is 1.27. The first-order valence-corrected chi connectivity index (χ1v) is 4.59. The van der Waals surface area contributed by atoms with Gasteiger partial charge >= 0.3 is 0 Å². The second kappa shape index (κ2) is 4.10. The molecule has 0 bridgehead atoms. The Kier molecular flexibility index (Phi) is 2.64. The van der Waals surface area contributed by atoms with Gasteiger partial charge in [-0.3, -0.25) is 4.79 Å². The van der Waals surface area contributed by atoms with Crippen molar-refractivity contribution in [3.05, 3.63) is 52.3 Å². The molecule has 0 atom stereocenters. The van der Waals surface area contributed by atoms with Crippen molar-refractivity contribution in [1.29, 1.82) is 0 Å². The molecule has 0 fully saturated rings. The van der Waals surface area contributed by atoms with Crippen molar-refractivity contribution >= 4 is 0 Å². The molecule has 15 heavy (non-hydrogen) atoms. The molecule has 0 saturated carbocycles. The smallest absolute Gasteiger partial charge is 0.267 e. The van der Waals surface area contributed by atoms with E-state index in [2.05, 4.69) is 5.10 Å². The van der Waals surface area contributed by atoms with E-state index < -0.39 is 0 Å². The van der Waals surface area contributed by atoms with Crippen LogP contribution in [-0.2, 0) is 13.1 Å². The van der Waals surface area contributed by atoms with E-state index in [1.165, 1.54) is 10.7 Å². The zero-order chi connectivity index (χ0) is 10.7. The van der Waals surface area contributed by atoms with Gasteiger partial charge in [-0.1, -0.05) is 0 Å². The molecule has 0 aliphatic heterocycles. The largest absolute Gasteiger partial charge is 0.463 e. The molecule has 0 aliphatic carbocycles. The lowest BCUT2D eigenvalue weighted by atomic mass is 10.4. The molecule has 0 aliphatic rings. The maximum Gasteiger partial charge on any atom is 0.267 e. The minimum absolute atomic E-state index is 0.150. The molecule has 0 amide bonds. The number of hydrogen-bond donors (Lipinski definition) is 1. The molecule has 2 N–H and O–H groups in total. The predicted molar refractivity (Wildman–Crippen MR) is 54.2 cm³/mol. The van der Waals surface area contributed by atoms with Crippen LogP contribution in [0.5, 0.6) is 0 Å². The summed E-state index contributed by atoms with van der Waals surface area (Å²) in [5, 5.41) is 3.92. The fourth-order valence-corrected chi connectivity index (χ4v) is 1.27. The zero-order valence-electron chi connectivity index (χ0n) is 8.09. The highest BCUT2D eigenvalue weighted by Crippen LogP contribution is 2.07. The first-order valence-electron chi connectivity index (χ1n) is 4.59. The summed E-state index contributed by atoms with van der Waals surface area (Å²) in [6.07, 6.45) is 1.56. The molecule has 78 valence electrons. The third kappa shape index (κ3) is 2.13. The van der Waals surface area contributed by atoms with E-state index in [0.717, 1.165) is 0 Å². The number of aromatic nitrogens is 2. The van der Waals surface area contributed by atoms with Crippen LogP contribution in [0.3, 0.4) is 0 Å². The van der Waals surface area contributed by atoms with Crippen LogP contribution in [0.25, 0.3) is 0 Å². The summed E-state index contributed by atoms with van der Waals surface area (Å²) in [4.78, 5) is 11.3. The van der Waals surface area contributed by atoms with Gasteiger partial charge < -0.3 is 10.2 Å². The minimum atomic E-state index is -0.150. The summed E-state index contributed by atoms with van der Waals surface area (Å²) < 4.78 is 6.70. The lowest BCUT2D eigenvalue weighted by Gasteiger charge is -1.99. The van der Waals surface area contributed by atoms with Gasteiger partial charge in [-0.15, -0.1) is 0 Å². The van der Waals surface area contributed by atoms with E-state index in [1.54, 1.807) is 24.4 Å². The van der Waals surface area contributed by atoms with Crippen molar-refractivity contribution in [2.45, 2.75) is 13.1 Å². The molecule has 2 aromatic heterocycles. The number of hydrogen-bond acceptors (Lipinski definition) is 4. The Bertz CT molecular complexity index is 501. The van der Waals surface area contributed by atoms with Crippen molar-refractivity contribution in [2.75, 3.05) is 0 Å². The molecule has 5 nitrogen and oxygen atoms in total. The van der Waals surface area contributed by atoms with Gasteiger partial charge in [0.15, 0.2) is 0 Å². The Labute approximate surface area is 86.1 Å². The monoisotopic (exact) mass is 205 g/mol. The van der Waals surface area contributed by atoms with Crippen LogP contribution in [0.2, 0.25) is 0 Å². The molecular weight excluding hydrogens is 194 g/mol. The van der Waals surface area contributed by atoms with Gasteiger partial charge in [0, 0.05) is 12.3 Å². The molecule has 2 heterocycles. The third-order valence-corrected chi connectivity index (χ3v) is 2.01. The molecule has 0 radical (unpaired) electrons. The van der Waals surface area contributed by atoms with Crippen molar-refractivity contribution in [3.63, 3.8) is 0 Å². The number of nitrogens with zero attached hydrogens (tertiary/aromatic N) is 2. The minimum Gasteiger partial charge on any atom is -0.463 e. The van der Waals surface area contributed by atoms with Crippen LogP contribution in [0.4, 0.5) is 0 Å². The quantitative estimate of drug-likeness (QED) is 0.784. The highest BCUT2D eigenvalue weighted by molar-refractivity contribution is 5.07. The van der Waals surface area contributed by atoms with Crippen LogP contribution in [0.15, 0.2) is 39.7 Å². The van der Waals surface area contributed by atoms with Gasteiger partial charge in [-0.25, -0.2) is 4.68 Å². The zero-order valence-corrected chi connectivity index (χ0v) is 8.09. The number of furan rings is 1. The van der Waals surface area contributed by atoms with Crippen molar-refractivity contribution in [3.8, 4) is 0 Å². The second-order valence-corrected chi connectivity index (χ2v) is 3.09. The van der Waals surface area contributed by atoms with E-state index in [-0.39, 0.29) is 5.56 Å². The van der Waals surface area contributed by atoms with E-state index in [9.17, 15) is 4.79 Å². The standard InChI is InChI=1S/C10H11N3O2/c11-6-8-3-4-9(15-8)7-13-10(14)2-1-5-12-13/h1-5H,6-7,11H2. The normalized spacial score (nSPS) is 10.5. The van der Waals surface area contributed by atoms with Crippen LogP contribution in [0, 0.1) is 0 Å². The van der Waals surface area contributed by atoms with E-state index in [1.807, 2.05) is 0 Å². The molecule has 0 aromatic carbocycles. The van der Waals surface area contributed by atoms with Gasteiger partial charge in [-0.2, -0.15) is 5.10 Å². The first-order chi connectivity index (χ1) is 7.29. The van der Waals surface area contributed by atoms with E-state index in [4.69, 9.17) is 10.2 Å². The third-order valence-electron chi connectivity index (χ3n) is 2.01. The van der Waals surface area contributed by atoms with Gasteiger partial charge in [0.25, 0.3) is 5.56 Å². The topological polar surface area (TPSA) is 74.1 Å². The van der Waals surface area contributed by atoms with Gasteiger partial charge in [0.1, 0.15) is 18.1 Å². The number of rotatable bonds is 3. The second-order valence-electron chi connectivity index (χ2n) is 3.09. The fraction of sp³-hybridized carbons (Fsp3) is 0.200. The Morgan fingerprint density at radius 2 is 2.13 bits per heavy atom. The molecule has 2 rings (SSSR count). The highest BCUT2D eigenvalue weighted by atomic mass is 16.3. The van der Waals surface area contributed by atoms with Crippen LogP contribution in [-0.4, -0.2) is 9.78 Å². The van der Waals surface area contributed by atoms with E-state index >= 15 is 0 Å².